The van der Waals surface area contributed by atoms with Crippen molar-refractivity contribution >= 4 is 11.6 Å². The van der Waals surface area contributed by atoms with Gasteiger partial charge in [-0.2, -0.15) is 5.10 Å². The molecule has 1 saturated carbocycles. The van der Waals surface area contributed by atoms with Gasteiger partial charge >= 0.3 is 0 Å². The van der Waals surface area contributed by atoms with Gasteiger partial charge < -0.3 is 4.90 Å². The number of carbonyl (C=O) groups is 1. The van der Waals surface area contributed by atoms with Gasteiger partial charge in [0.15, 0.2) is 0 Å². The van der Waals surface area contributed by atoms with Crippen LogP contribution in [0.5, 0.6) is 0 Å². The maximum absolute atomic E-state index is 13.2. The lowest BCUT2D eigenvalue weighted by Gasteiger charge is -2.18. The summed E-state index contributed by atoms with van der Waals surface area (Å²) >= 11 is 0. The molecule has 0 atom stereocenters. The van der Waals surface area contributed by atoms with Gasteiger partial charge in [-0.05, 0) is 31.0 Å². The highest BCUT2D eigenvalue weighted by molar-refractivity contribution is 5.93. The van der Waals surface area contributed by atoms with Crippen molar-refractivity contribution in [2.24, 2.45) is 0 Å². The average Bonchev–Trinajstić information content (AvgIpc) is 3.47. The first-order chi connectivity index (χ1) is 13.5. The van der Waals surface area contributed by atoms with E-state index in [2.05, 4.69) is 5.10 Å². The molecule has 2 aromatic carbocycles. The summed E-state index contributed by atoms with van der Waals surface area (Å²) in [7, 11) is 1.65. The Hall–Kier alpha value is -3.48. The zero-order valence-corrected chi connectivity index (χ0v) is 15.5. The molecule has 1 heterocycles. The Balaban J connectivity index is 1.65. The van der Waals surface area contributed by atoms with E-state index in [-0.39, 0.29) is 18.1 Å². The third-order valence-corrected chi connectivity index (χ3v) is 4.89. The van der Waals surface area contributed by atoms with Crippen LogP contribution in [0.25, 0.3) is 5.69 Å². The van der Waals surface area contributed by atoms with Crippen LogP contribution in [0.3, 0.4) is 0 Å². The van der Waals surface area contributed by atoms with Crippen molar-refractivity contribution in [3.05, 3.63) is 87.7 Å². The fourth-order valence-corrected chi connectivity index (χ4v) is 3.24. The summed E-state index contributed by atoms with van der Waals surface area (Å²) in [4.78, 5) is 25.5. The number of nitro groups is 1. The van der Waals surface area contributed by atoms with Crippen molar-refractivity contribution in [3.8, 4) is 5.69 Å². The number of hydrogen-bond donors (Lipinski definition) is 0. The van der Waals surface area contributed by atoms with E-state index in [1.165, 1.54) is 11.0 Å². The van der Waals surface area contributed by atoms with Gasteiger partial charge in [0.05, 0.1) is 22.8 Å². The zero-order chi connectivity index (χ0) is 19.7. The molecule has 0 bridgehead atoms. The summed E-state index contributed by atoms with van der Waals surface area (Å²) in [6.07, 6.45) is 2.18. The largest absolute Gasteiger partial charge is 0.336 e. The molecule has 0 saturated heterocycles. The quantitative estimate of drug-likeness (QED) is 0.482. The average molecular weight is 376 g/mol. The number of carbonyl (C=O) groups excluding carboxylic acids is 1. The molecule has 0 radical (unpaired) electrons. The second-order valence-electron chi connectivity index (χ2n) is 7.02. The van der Waals surface area contributed by atoms with Crippen molar-refractivity contribution in [2.75, 3.05) is 7.05 Å². The summed E-state index contributed by atoms with van der Waals surface area (Å²) in [5.41, 5.74) is 2.71. The second-order valence-corrected chi connectivity index (χ2v) is 7.02. The van der Waals surface area contributed by atoms with Crippen LogP contribution >= 0.6 is 0 Å². The van der Waals surface area contributed by atoms with Gasteiger partial charge in [0.25, 0.3) is 11.6 Å². The molecule has 3 aromatic rings. The minimum absolute atomic E-state index is 0.0115. The normalized spacial score (nSPS) is 13.3. The van der Waals surface area contributed by atoms with Crippen molar-refractivity contribution < 1.29 is 9.72 Å². The SMILES string of the molecule is CN(Cc1ccccc1[N+](=O)[O-])C(=O)c1cc(C2CC2)nn1-c1ccccc1. The predicted octanol–water partition coefficient (Wildman–Crippen LogP) is 3.93. The molecule has 28 heavy (non-hydrogen) atoms. The highest BCUT2D eigenvalue weighted by Crippen LogP contribution is 2.40. The number of nitrogens with zero attached hydrogens (tertiary/aromatic N) is 4. The first kappa shape index (κ1) is 17.9. The second kappa shape index (κ2) is 7.26. The molecular weight excluding hydrogens is 356 g/mol. The van der Waals surface area contributed by atoms with E-state index in [0.717, 1.165) is 24.2 Å². The van der Waals surface area contributed by atoms with Crippen LogP contribution in [0.2, 0.25) is 0 Å². The number of hydrogen-bond acceptors (Lipinski definition) is 4. The van der Waals surface area contributed by atoms with E-state index in [1.54, 1.807) is 29.9 Å². The van der Waals surface area contributed by atoms with E-state index >= 15 is 0 Å². The first-order valence-electron chi connectivity index (χ1n) is 9.17. The third kappa shape index (κ3) is 3.51. The fraction of sp³-hybridized carbons (Fsp3) is 0.238. The number of benzene rings is 2. The fourth-order valence-electron chi connectivity index (χ4n) is 3.24. The van der Waals surface area contributed by atoms with Crippen LogP contribution in [0.15, 0.2) is 60.7 Å². The minimum Gasteiger partial charge on any atom is -0.336 e. The number of aromatic nitrogens is 2. The lowest BCUT2D eigenvalue weighted by molar-refractivity contribution is -0.385. The third-order valence-electron chi connectivity index (χ3n) is 4.89. The molecular formula is C21H20N4O3. The van der Waals surface area contributed by atoms with E-state index in [1.807, 2.05) is 36.4 Å². The zero-order valence-electron chi connectivity index (χ0n) is 15.5. The molecule has 0 aliphatic heterocycles. The molecule has 7 heteroatoms. The molecule has 0 N–H and O–H groups in total. The van der Waals surface area contributed by atoms with Gasteiger partial charge in [0, 0.05) is 24.6 Å². The molecule has 4 rings (SSSR count). The Morgan fingerprint density at radius 1 is 1.18 bits per heavy atom. The van der Waals surface area contributed by atoms with Crippen LogP contribution in [0.1, 0.15) is 40.5 Å². The molecule has 1 amide bonds. The summed E-state index contributed by atoms with van der Waals surface area (Å²) in [6, 6.07) is 17.9. The Morgan fingerprint density at radius 3 is 2.54 bits per heavy atom. The lowest BCUT2D eigenvalue weighted by atomic mass is 10.1. The van der Waals surface area contributed by atoms with Crippen molar-refractivity contribution in [3.63, 3.8) is 0 Å². The van der Waals surface area contributed by atoms with Gasteiger partial charge in [0.2, 0.25) is 0 Å². The van der Waals surface area contributed by atoms with Crippen molar-refractivity contribution in [2.45, 2.75) is 25.3 Å². The van der Waals surface area contributed by atoms with Gasteiger partial charge in [-0.1, -0.05) is 36.4 Å². The molecule has 0 unspecified atom stereocenters. The van der Waals surface area contributed by atoms with Gasteiger partial charge in [-0.15, -0.1) is 0 Å². The summed E-state index contributed by atoms with van der Waals surface area (Å²) in [5.74, 6) is 0.193. The molecule has 1 aliphatic rings. The highest BCUT2D eigenvalue weighted by atomic mass is 16.6. The Bertz CT molecular complexity index is 1030. The Labute approximate surface area is 162 Å². The number of nitro benzene ring substituents is 1. The Morgan fingerprint density at radius 2 is 1.86 bits per heavy atom. The van der Waals surface area contributed by atoms with Gasteiger partial charge in [-0.3, -0.25) is 14.9 Å². The Kier molecular flexibility index (Phi) is 4.65. The highest BCUT2D eigenvalue weighted by Gasteiger charge is 2.30. The molecule has 7 nitrogen and oxygen atoms in total. The van der Waals surface area contributed by atoms with E-state index in [9.17, 15) is 14.9 Å². The molecule has 1 aromatic heterocycles. The maximum Gasteiger partial charge on any atom is 0.274 e. The smallest absolute Gasteiger partial charge is 0.274 e. The van der Waals surface area contributed by atoms with Crippen LogP contribution in [-0.4, -0.2) is 32.6 Å². The number of para-hydroxylation sites is 2. The summed E-state index contributed by atoms with van der Waals surface area (Å²) in [6.45, 7) is 0.148. The number of rotatable bonds is 6. The molecule has 0 spiro atoms. The van der Waals surface area contributed by atoms with Crippen molar-refractivity contribution in [1.82, 2.24) is 14.7 Å². The lowest BCUT2D eigenvalue weighted by Crippen LogP contribution is -2.28. The summed E-state index contributed by atoms with van der Waals surface area (Å²) in [5, 5.41) is 15.9. The summed E-state index contributed by atoms with van der Waals surface area (Å²) < 4.78 is 1.67. The standard InChI is InChI=1S/C21H20N4O3/c1-23(14-16-7-5-6-10-19(16)25(27)28)21(26)20-13-18(15-11-12-15)22-24(20)17-8-3-2-4-9-17/h2-10,13,15H,11-12,14H2,1H3. The van der Waals surface area contributed by atoms with E-state index < -0.39 is 4.92 Å². The maximum atomic E-state index is 13.2. The molecule has 1 fully saturated rings. The number of amides is 1. The predicted molar refractivity (Wildman–Crippen MR) is 104 cm³/mol. The van der Waals surface area contributed by atoms with Crippen LogP contribution in [0.4, 0.5) is 5.69 Å². The molecule has 142 valence electrons. The van der Waals surface area contributed by atoms with Crippen LogP contribution in [0, 0.1) is 10.1 Å². The monoisotopic (exact) mass is 376 g/mol. The van der Waals surface area contributed by atoms with Crippen molar-refractivity contribution in [1.29, 1.82) is 0 Å². The van der Waals surface area contributed by atoms with Crippen LogP contribution < -0.4 is 0 Å². The molecule has 1 aliphatic carbocycles. The van der Waals surface area contributed by atoms with E-state index in [4.69, 9.17) is 0 Å². The van der Waals surface area contributed by atoms with Gasteiger partial charge in [0.1, 0.15) is 5.69 Å². The van der Waals surface area contributed by atoms with Gasteiger partial charge in [-0.25, -0.2) is 4.68 Å². The first-order valence-corrected chi connectivity index (χ1v) is 9.17. The topological polar surface area (TPSA) is 81.3 Å². The van der Waals surface area contributed by atoms with Crippen LogP contribution in [-0.2, 0) is 6.54 Å². The van der Waals surface area contributed by atoms with E-state index in [0.29, 0.717) is 17.2 Å². The minimum atomic E-state index is -0.424.